The van der Waals surface area contributed by atoms with E-state index in [0.29, 0.717) is 23.0 Å². The molecule has 6 nitrogen and oxygen atoms in total. The highest BCUT2D eigenvalue weighted by Crippen LogP contribution is 2.47. The molecule has 5 aromatic heterocycles. The zero-order chi connectivity index (χ0) is 47.4. The van der Waals surface area contributed by atoms with Crippen LogP contribution in [0.1, 0.15) is 5.56 Å². The maximum atomic E-state index is 11.5. The number of para-hydroxylation sites is 2. The third-order valence-electron chi connectivity index (χ3n) is 14.2. The Bertz CT molecular complexity index is 4710. The van der Waals surface area contributed by atoms with Crippen LogP contribution in [0.2, 0.25) is 0 Å². The molecule has 72 heavy (non-hydrogen) atoms. The van der Waals surface area contributed by atoms with Gasteiger partial charge in [0.2, 0.25) is 0 Å². The van der Waals surface area contributed by atoms with Gasteiger partial charge in [-0.1, -0.05) is 164 Å². The van der Waals surface area contributed by atoms with Crippen molar-refractivity contribution in [3.8, 4) is 62.7 Å². The monoisotopic (exact) mass is 952 g/mol. The number of rotatable bonds is 6. The van der Waals surface area contributed by atoms with E-state index in [-0.39, 0.29) is 0 Å². The summed E-state index contributed by atoms with van der Waals surface area (Å²) >= 11 is 3.67. The first-order valence-corrected chi connectivity index (χ1v) is 25.5. The molecule has 0 amide bonds. The molecule has 0 atom stereocenters. The van der Waals surface area contributed by atoms with Crippen molar-refractivity contribution < 1.29 is 0 Å². The minimum Gasteiger partial charge on any atom is -0.308 e. The van der Waals surface area contributed by atoms with Crippen molar-refractivity contribution in [1.82, 2.24) is 24.1 Å². The minimum atomic E-state index is 0.546. The van der Waals surface area contributed by atoms with Crippen molar-refractivity contribution in [3.63, 3.8) is 0 Å². The van der Waals surface area contributed by atoms with Crippen LogP contribution in [0.5, 0.6) is 0 Å². The van der Waals surface area contributed by atoms with Crippen LogP contribution in [0, 0.1) is 11.3 Å². The van der Waals surface area contributed by atoms with Crippen LogP contribution < -0.4 is 0 Å². The quantitative estimate of drug-likeness (QED) is 0.166. The lowest BCUT2D eigenvalue weighted by Gasteiger charge is -2.18. The topological polar surface area (TPSA) is 72.3 Å². The number of thiophene rings is 2. The maximum Gasteiger partial charge on any atom is 0.166 e. The van der Waals surface area contributed by atoms with E-state index in [4.69, 9.17) is 15.0 Å². The number of aromatic nitrogens is 5. The van der Waals surface area contributed by atoms with Gasteiger partial charge in [-0.2, -0.15) is 5.26 Å². The lowest BCUT2D eigenvalue weighted by atomic mass is 9.96. The standard InChI is InChI=1S/C64H36N6S2/c65-37-49-41(24-15-27-52(49)69-50-25-11-7-22-46(50)58-53(69)34-32-44-42-20-9-13-28-56(42)71-60(44)58)40-30-31-48(64-67-62(38-16-3-1-4-17-38)66-63(68-64)39-18-5-2-6-19-39)55(36-40)70-51-26-12-8-23-47(51)59-54(70)35-33-45-43-21-10-14-29-57(43)72-61(45)59/h1-36H. The van der Waals surface area contributed by atoms with Gasteiger partial charge in [0.15, 0.2) is 17.5 Å². The SMILES string of the molecule is N#Cc1c(-c2ccc(-c3nc(-c4ccccc4)nc(-c4ccccc4)n3)c(-n3c4ccccc4c4c5sc6ccccc6c5ccc43)c2)cccc1-n1c2ccccc2c2c3sc4ccccc4c3ccc21. The van der Waals surface area contributed by atoms with E-state index in [1.165, 1.54) is 51.1 Å². The van der Waals surface area contributed by atoms with Gasteiger partial charge in [0, 0.05) is 84.1 Å². The number of nitriles is 1. The summed E-state index contributed by atoms with van der Waals surface area (Å²) in [5, 5.41) is 21.2. The zero-order valence-electron chi connectivity index (χ0n) is 38.3. The van der Waals surface area contributed by atoms with Crippen LogP contribution in [0.3, 0.4) is 0 Å². The molecule has 0 unspecified atom stereocenters. The van der Waals surface area contributed by atoms with Gasteiger partial charge in [0.1, 0.15) is 6.07 Å². The Hall–Kier alpha value is -9.26. The molecule has 0 fully saturated rings. The summed E-state index contributed by atoms with van der Waals surface area (Å²) in [4.78, 5) is 15.7. The molecule has 0 spiro atoms. The van der Waals surface area contributed by atoms with E-state index in [9.17, 15) is 5.26 Å². The zero-order valence-corrected chi connectivity index (χ0v) is 39.9. The highest BCUT2D eigenvalue weighted by molar-refractivity contribution is 7.27. The van der Waals surface area contributed by atoms with E-state index in [1.54, 1.807) is 0 Å². The molecule has 15 aromatic rings. The van der Waals surface area contributed by atoms with Crippen LogP contribution in [0.4, 0.5) is 0 Å². The fourth-order valence-electron chi connectivity index (χ4n) is 11.1. The lowest BCUT2D eigenvalue weighted by molar-refractivity contribution is 1.06. The Morgan fingerprint density at radius 3 is 1.39 bits per heavy atom. The number of fused-ring (bicyclic) bond motifs is 14. The number of benzene rings is 10. The molecule has 5 heterocycles. The third kappa shape index (κ3) is 6.02. The Morgan fingerprint density at radius 1 is 0.347 bits per heavy atom. The summed E-state index contributed by atoms with van der Waals surface area (Å²) in [5.41, 5.74) is 10.9. The summed E-state index contributed by atoms with van der Waals surface area (Å²) in [6, 6.07) is 79.3. The average Bonchev–Trinajstić information content (AvgIpc) is 4.21. The Kier molecular flexibility index (Phi) is 8.96. The summed E-state index contributed by atoms with van der Waals surface area (Å²) < 4.78 is 9.68. The van der Waals surface area contributed by atoms with Crippen molar-refractivity contribution in [3.05, 3.63) is 224 Å². The van der Waals surface area contributed by atoms with Gasteiger partial charge in [-0.15, -0.1) is 22.7 Å². The first kappa shape index (κ1) is 40.6. The number of nitrogens with zero attached hydrogens (tertiary/aromatic N) is 6. The molecule has 15 rings (SSSR count). The molecule has 0 saturated heterocycles. The Balaban J connectivity index is 1.01. The Labute approximate surface area is 420 Å². The number of hydrogen-bond acceptors (Lipinski definition) is 6. The summed E-state index contributed by atoms with van der Waals surface area (Å²) in [6.45, 7) is 0. The van der Waals surface area contributed by atoms with Crippen LogP contribution >= 0.6 is 22.7 Å². The third-order valence-corrected chi connectivity index (χ3v) is 16.7. The molecule has 334 valence electrons. The molecule has 0 aliphatic rings. The highest BCUT2D eigenvalue weighted by Gasteiger charge is 2.25. The molecule has 0 radical (unpaired) electrons. The molecule has 0 bridgehead atoms. The van der Waals surface area contributed by atoms with Crippen LogP contribution in [0.15, 0.2) is 218 Å². The normalized spacial score (nSPS) is 11.9. The summed E-state index contributed by atoms with van der Waals surface area (Å²) in [7, 11) is 0. The first-order chi connectivity index (χ1) is 35.7. The van der Waals surface area contributed by atoms with Gasteiger partial charge in [-0.3, -0.25) is 0 Å². The second-order valence-corrected chi connectivity index (χ2v) is 20.3. The van der Waals surface area contributed by atoms with E-state index in [0.717, 1.165) is 72.0 Å². The molecule has 10 aromatic carbocycles. The second-order valence-electron chi connectivity index (χ2n) is 18.2. The fourth-order valence-corrected chi connectivity index (χ4v) is 13.6. The van der Waals surface area contributed by atoms with Gasteiger partial charge in [-0.05, 0) is 60.2 Å². The van der Waals surface area contributed by atoms with Crippen LogP contribution in [-0.4, -0.2) is 24.1 Å². The summed E-state index contributed by atoms with van der Waals surface area (Å²) in [5.74, 6) is 1.72. The van der Waals surface area contributed by atoms with Crippen molar-refractivity contribution in [2.24, 2.45) is 0 Å². The molecule has 0 aliphatic heterocycles. The largest absolute Gasteiger partial charge is 0.308 e. The predicted octanol–water partition coefficient (Wildman–Crippen LogP) is 17.3. The highest BCUT2D eigenvalue weighted by atomic mass is 32.1. The van der Waals surface area contributed by atoms with Gasteiger partial charge in [0.25, 0.3) is 0 Å². The van der Waals surface area contributed by atoms with Gasteiger partial charge < -0.3 is 9.13 Å². The molecular formula is C64H36N6S2. The van der Waals surface area contributed by atoms with Gasteiger partial charge in [-0.25, -0.2) is 15.0 Å². The molecular weight excluding hydrogens is 917 g/mol. The smallest absolute Gasteiger partial charge is 0.166 e. The number of hydrogen-bond donors (Lipinski definition) is 0. The van der Waals surface area contributed by atoms with E-state index in [1.807, 2.05) is 83.3 Å². The molecule has 8 heteroatoms. The van der Waals surface area contributed by atoms with E-state index in [2.05, 4.69) is 173 Å². The predicted molar refractivity (Wildman–Crippen MR) is 301 cm³/mol. The van der Waals surface area contributed by atoms with Crippen molar-refractivity contribution in [2.75, 3.05) is 0 Å². The van der Waals surface area contributed by atoms with Gasteiger partial charge >= 0.3 is 0 Å². The maximum absolute atomic E-state index is 11.5. The van der Waals surface area contributed by atoms with Gasteiger partial charge in [0.05, 0.1) is 39.0 Å². The summed E-state index contributed by atoms with van der Waals surface area (Å²) in [6.07, 6.45) is 0. The van der Waals surface area contributed by atoms with E-state index >= 15 is 0 Å². The van der Waals surface area contributed by atoms with Crippen molar-refractivity contribution in [2.45, 2.75) is 0 Å². The molecule has 0 N–H and O–H groups in total. The second kappa shape index (κ2) is 15.9. The molecule has 0 aliphatic carbocycles. The molecule has 0 saturated carbocycles. The van der Waals surface area contributed by atoms with Crippen molar-refractivity contribution in [1.29, 1.82) is 5.26 Å². The Morgan fingerprint density at radius 2 is 0.833 bits per heavy atom. The van der Waals surface area contributed by atoms with E-state index < -0.39 is 0 Å². The van der Waals surface area contributed by atoms with Crippen LogP contribution in [-0.2, 0) is 0 Å². The van der Waals surface area contributed by atoms with Crippen molar-refractivity contribution >= 4 is 107 Å². The fraction of sp³-hybridized carbons (Fsp3) is 0. The average molecular weight is 953 g/mol. The lowest BCUT2D eigenvalue weighted by Crippen LogP contribution is -2.04. The van der Waals surface area contributed by atoms with Crippen LogP contribution in [0.25, 0.3) is 141 Å². The minimum absolute atomic E-state index is 0.546. The first-order valence-electron chi connectivity index (χ1n) is 23.9.